The van der Waals surface area contributed by atoms with Crippen LogP contribution in [0.4, 0.5) is 5.69 Å². The van der Waals surface area contributed by atoms with Crippen molar-refractivity contribution in [3.63, 3.8) is 0 Å². The van der Waals surface area contributed by atoms with Gasteiger partial charge in [-0.15, -0.1) is 0 Å². The average Bonchev–Trinajstić information content (AvgIpc) is 3.11. The van der Waals surface area contributed by atoms with Crippen LogP contribution in [0, 0.1) is 0 Å². The van der Waals surface area contributed by atoms with Crippen LogP contribution in [0.1, 0.15) is 6.42 Å². The highest BCUT2D eigenvalue weighted by Gasteiger charge is 2.18. The molecule has 0 bridgehead atoms. The fourth-order valence-corrected chi connectivity index (χ4v) is 4.64. The van der Waals surface area contributed by atoms with Crippen molar-refractivity contribution >= 4 is 26.8 Å². The molecule has 0 atom stereocenters. The molecule has 0 radical (unpaired) electrons. The molecule has 2 heterocycles. The van der Waals surface area contributed by atoms with Crippen molar-refractivity contribution < 1.29 is 12.8 Å². The van der Waals surface area contributed by atoms with Crippen LogP contribution in [0.25, 0.3) is 11.1 Å². The summed E-state index contributed by atoms with van der Waals surface area (Å²) in [7, 11) is -3.64. The van der Waals surface area contributed by atoms with Gasteiger partial charge in [-0.2, -0.15) is 0 Å². The number of nitrogens with one attached hydrogen (secondary N) is 2. The number of hydrogen-bond acceptors (Lipinski definition) is 6. The van der Waals surface area contributed by atoms with E-state index in [4.69, 9.17) is 4.42 Å². The number of benzene rings is 2. The highest BCUT2D eigenvalue weighted by Crippen LogP contribution is 2.17. The number of rotatable bonds is 7. The van der Waals surface area contributed by atoms with Gasteiger partial charge in [0.15, 0.2) is 5.58 Å². The van der Waals surface area contributed by atoms with Crippen molar-refractivity contribution in [1.82, 2.24) is 14.6 Å². The van der Waals surface area contributed by atoms with Crippen molar-refractivity contribution in [3.8, 4) is 0 Å². The Morgan fingerprint density at radius 2 is 1.79 bits per heavy atom. The molecular weight excluding hydrogens is 392 g/mol. The van der Waals surface area contributed by atoms with Crippen molar-refractivity contribution in [2.24, 2.45) is 0 Å². The summed E-state index contributed by atoms with van der Waals surface area (Å²) in [4.78, 5) is 18.5. The summed E-state index contributed by atoms with van der Waals surface area (Å²) in [5.74, 6) is -0.602. The number of aromatic amines is 1. The fraction of sp³-hybridized carbons (Fsp3) is 0.350. The van der Waals surface area contributed by atoms with E-state index in [1.165, 1.54) is 23.9 Å². The zero-order valence-corrected chi connectivity index (χ0v) is 16.8. The zero-order valence-electron chi connectivity index (χ0n) is 16.0. The molecule has 1 saturated heterocycles. The number of anilines is 1. The van der Waals surface area contributed by atoms with E-state index in [0.717, 1.165) is 39.1 Å². The van der Waals surface area contributed by atoms with E-state index in [1.807, 2.05) is 6.07 Å². The number of H-pyrrole nitrogens is 1. The van der Waals surface area contributed by atoms with Crippen LogP contribution >= 0.6 is 0 Å². The Labute approximate surface area is 169 Å². The highest BCUT2D eigenvalue weighted by molar-refractivity contribution is 7.89. The first-order valence-corrected chi connectivity index (χ1v) is 11.1. The summed E-state index contributed by atoms with van der Waals surface area (Å²) in [5, 5.41) is 0. The van der Waals surface area contributed by atoms with Gasteiger partial charge in [0.25, 0.3) is 0 Å². The lowest BCUT2D eigenvalue weighted by Crippen LogP contribution is -2.47. The molecule has 0 aliphatic carbocycles. The molecule has 2 aromatic carbocycles. The number of nitrogens with zero attached hydrogens (tertiary/aromatic N) is 2. The monoisotopic (exact) mass is 416 g/mol. The number of aromatic nitrogens is 1. The zero-order chi connectivity index (χ0) is 20.3. The summed E-state index contributed by atoms with van der Waals surface area (Å²) >= 11 is 0. The third kappa shape index (κ3) is 4.69. The molecule has 2 N–H and O–H groups in total. The summed E-state index contributed by atoms with van der Waals surface area (Å²) in [6.07, 6.45) is 0.728. The van der Waals surface area contributed by atoms with Gasteiger partial charge in [0, 0.05) is 44.5 Å². The predicted molar refractivity (Wildman–Crippen MR) is 112 cm³/mol. The smallest absolute Gasteiger partial charge is 0.408 e. The number of piperazine rings is 1. The Balaban J connectivity index is 1.24. The highest BCUT2D eigenvalue weighted by atomic mass is 32.2. The van der Waals surface area contributed by atoms with Crippen molar-refractivity contribution in [3.05, 3.63) is 59.1 Å². The number of fused-ring (bicyclic) bond motifs is 1. The largest absolute Gasteiger partial charge is 0.417 e. The standard InChI is InChI=1S/C20H24N4O4S/c25-20-22-18-8-7-17(15-19(18)28-20)29(26,27)21-9-4-10-23-11-13-24(14-12-23)16-5-2-1-3-6-16/h1-3,5-8,15,21H,4,9-14H2,(H,22,25). The van der Waals surface area contributed by atoms with E-state index >= 15 is 0 Å². The Bertz CT molecular complexity index is 1120. The minimum atomic E-state index is -3.64. The third-order valence-corrected chi connectivity index (χ3v) is 6.60. The predicted octanol–water partition coefficient (Wildman–Crippen LogP) is 1.61. The first-order valence-electron chi connectivity index (χ1n) is 9.66. The molecule has 8 nitrogen and oxygen atoms in total. The first-order chi connectivity index (χ1) is 14.0. The fourth-order valence-electron chi connectivity index (χ4n) is 3.55. The van der Waals surface area contributed by atoms with Crippen LogP contribution in [-0.2, 0) is 10.0 Å². The van der Waals surface area contributed by atoms with E-state index in [-0.39, 0.29) is 10.5 Å². The number of hydrogen-bond donors (Lipinski definition) is 2. The lowest BCUT2D eigenvalue weighted by molar-refractivity contribution is 0.255. The van der Waals surface area contributed by atoms with Crippen molar-refractivity contribution in [2.75, 3.05) is 44.2 Å². The molecule has 29 heavy (non-hydrogen) atoms. The molecule has 1 aliphatic rings. The first kappa shape index (κ1) is 19.7. The molecule has 0 spiro atoms. The van der Waals surface area contributed by atoms with Crippen LogP contribution in [0.3, 0.4) is 0 Å². The maximum Gasteiger partial charge on any atom is 0.417 e. The van der Waals surface area contributed by atoms with Crippen LogP contribution < -0.4 is 15.4 Å². The van der Waals surface area contributed by atoms with Gasteiger partial charge in [0.1, 0.15) is 0 Å². The van der Waals surface area contributed by atoms with E-state index in [2.05, 4.69) is 43.8 Å². The lowest BCUT2D eigenvalue weighted by Gasteiger charge is -2.36. The maximum atomic E-state index is 12.5. The topological polar surface area (TPSA) is 98.6 Å². The Hall–Kier alpha value is -2.62. The maximum absolute atomic E-state index is 12.5. The summed E-state index contributed by atoms with van der Waals surface area (Å²) in [5.41, 5.74) is 1.95. The molecule has 0 amide bonds. The molecule has 0 saturated carbocycles. The second-order valence-electron chi connectivity index (χ2n) is 7.09. The van der Waals surface area contributed by atoms with Crippen LogP contribution in [0.5, 0.6) is 0 Å². The van der Waals surface area contributed by atoms with Crippen LogP contribution in [-0.4, -0.2) is 57.6 Å². The molecular formula is C20H24N4O4S. The Morgan fingerprint density at radius 1 is 1.03 bits per heavy atom. The number of oxazole rings is 1. The number of sulfonamides is 1. The van der Waals surface area contributed by atoms with Gasteiger partial charge in [-0.1, -0.05) is 18.2 Å². The van der Waals surface area contributed by atoms with Gasteiger partial charge in [-0.25, -0.2) is 17.9 Å². The number of para-hydroxylation sites is 1. The summed E-state index contributed by atoms with van der Waals surface area (Å²) in [6, 6.07) is 14.7. The summed E-state index contributed by atoms with van der Waals surface area (Å²) in [6.45, 7) is 5.07. The Kier molecular flexibility index (Phi) is 5.70. The normalized spacial score (nSPS) is 15.8. The average molecular weight is 417 g/mol. The quantitative estimate of drug-likeness (QED) is 0.568. The SMILES string of the molecule is O=c1[nH]c2ccc(S(=O)(=O)NCCCN3CCN(c4ccccc4)CC3)cc2o1. The van der Waals surface area contributed by atoms with Crippen molar-refractivity contribution in [1.29, 1.82) is 0 Å². The van der Waals surface area contributed by atoms with E-state index in [1.54, 1.807) is 0 Å². The van der Waals surface area contributed by atoms with Gasteiger partial charge in [0.05, 0.1) is 10.4 Å². The minimum absolute atomic E-state index is 0.0872. The second kappa shape index (κ2) is 8.40. The van der Waals surface area contributed by atoms with Crippen molar-refractivity contribution in [2.45, 2.75) is 11.3 Å². The Morgan fingerprint density at radius 3 is 2.55 bits per heavy atom. The van der Waals surface area contributed by atoms with E-state index in [0.29, 0.717) is 12.1 Å². The van der Waals surface area contributed by atoms with Gasteiger partial charge in [-0.05, 0) is 37.2 Å². The molecule has 9 heteroatoms. The summed E-state index contributed by atoms with van der Waals surface area (Å²) < 4.78 is 32.5. The van der Waals surface area contributed by atoms with E-state index < -0.39 is 15.8 Å². The van der Waals surface area contributed by atoms with Crippen LogP contribution in [0.2, 0.25) is 0 Å². The van der Waals surface area contributed by atoms with Gasteiger partial charge in [-0.3, -0.25) is 9.88 Å². The molecule has 1 fully saturated rings. The molecule has 154 valence electrons. The minimum Gasteiger partial charge on any atom is -0.408 e. The third-order valence-electron chi connectivity index (χ3n) is 5.14. The molecule has 1 aromatic heterocycles. The lowest BCUT2D eigenvalue weighted by atomic mass is 10.2. The molecule has 1 aliphatic heterocycles. The van der Waals surface area contributed by atoms with Gasteiger partial charge in [0.2, 0.25) is 10.0 Å². The van der Waals surface area contributed by atoms with Gasteiger partial charge < -0.3 is 9.32 Å². The van der Waals surface area contributed by atoms with Gasteiger partial charge >= 0.3 is 5.76 Å². The van der Waals surface area contributed by atoms with Crippen LogP contribution in [0.15, 0.2) is 62.6 Å². The second-order valence-corrected chi connectivity index (χ2v) is 8.86. The molecule has 3 aromatic rings. The molecule has 0 unspecified atom stereocenters. The van der Waals surface area contributed by atoms with E-state index in [9.17, 15) is 13.2 Å². The molecule has 4 rings (SSSR count).